The second-order valence-corrected chi connectivity index (χ2v) is 3.74. The molecule has 0 saturated heterocycles. The summed E-state index contributed by atoms with van der Waals surface area (Å²) in [7, 11) is 1.56. The molecule has 1 atom stereocenters. The van der Waals surface area contributed by atoms with E-state index in [0.29, 0.717) is 24.3 Å². The molecule has 2 nitrogen and oxygen atoms in total. The number of halogens is 1. The van der Waals surface area contributed by atoms with Crippen LogP contribution in [0.2, 0.25) is 0 Å². The highest BCUT2D eigenvalue weighted by molar-refractivity contribution is 5.44. The fourth-order valence-corrected chi connectivity index (χ4v) is 1.80. The molecule has 0 amide bonds. The van der Waals surface area contributed by atoms with Crippen molar-refractivity contribution < 1.29 is 9.13 Å². The summed E-state index contributed by atoms with van der Waals surface area (Å²) in [5.41, 5.74) is 7.99. The minimum Gasteiger partial charge on any atom is -0.496 e. The SMILES string of the molecule is COc1cc(C)cc(C)c1C(F)CCN. The smallest absolute Gasteiger partial charge is 0.130 e. The van der Waals surface area contributed by atoms with E-state index in [1.165, 1.54) is 0 Å². The van der Waals surface area contributed by atoms with Gasteiger partial charge in [-0.3, -0.25) is 0 Å². The number of benzene rings is 1. The zero-order valence-corrected chi connectivity index (χ0v) is 9.51. The Morgan fingerprint density at radius 3 is 2.60 bits per heavy atom. The Balaban J connectivity index is 3.14. The quantitative estimate of drug-likeness (QED) is 0.831. The van der Waals surface area contributed by atoms with Gasteiger partial charge in [0, 0.05) is 5.56 Å². The van der Waals surface area contributed by atoms with Gasteiger partial charge in [0.05, 0.1) is 7.11 Å². The Morgan fingerprint density at radius 2 is 2.07 bits per heavy atom. The van der Waals surface area contributed by atoms with E-state index in [1.807, 2.05) is 26.0 Å². The van der Waals surface area contributed by atoms with E-state index in [0.717, 1.165) is 11.1 Å². The zero-order chi connectivity index (χ0) is 11.4. The molecule has 0 aliphatic heterocycles. The lowest BCUT2D eigenvalue weighted by atomic mass is 9.99. The van der Waals surface area contributed by atoms with Gasteiger partial charge in [0.25, 0.3) is 0 Å². The molecular formula is C12H18FNO. The fourth-order valence-electron chi connectivity index (χ4n) is 1.80. The van der Waals surface area contributed by atoms with Crippen molar-refractivity contribution in [3.05, 3.63) is 28.8 Å². The molecule has 0 saturated carbocycles. The Bertz CT molecular complexity index is 339. The Hall–Kier alpha value is -1.09. The number of alkyl halides is 1. The van der Waals surface area contributed by atoms with Crippen LogP contribution in [0.1, 0.15) is 29.3 Å². The summed E-state index contributed by atoms with van der Waals surface area (Å²) in [5.74, 6) is 0.619. The van der Waals surface area contributed by atoms with Gasteiger partial charge in [0.1, 0.15) is 11.9 Å². The maximum Gasteiger partial charge on any atom is 0.130 e. The van der Waals surface area contributed by atoms with Gasteiger partial charge < -0.3 is 10.5 Å². The average molecular weight is 211 g/mol. The molecule has 15 heavy (non-hydrogen) atoms. The van der Waals surface area contributed by atoms with Gasteiger partial charge >= 0.3 is 0 Å². The third kappa shape index (κ3) is 2.69. The molecule has 0 aromatic heterocycles. The van der Waals surface area contributed by atoms with E-state index in [-0.39, 0.29) is 0 Å². The monoisotopic (exact) mass is 211 g/mol. The van der Waals surface area contributed by atoms with Gasteiger partial charge in [-0.15, -0.1) is 0 Å². The number of hydrogen-bond donors (Lipinski definition) is 1. The molecule has 84 valence electrons. The Morgan fingerprint density at radius 1 is 1.40 bits per heavy atom. The first-order valence-corrected chi connectivity index (χ1v) is 5.09. The molecule has 1 aromatic carbocycles. The Labute approximate surface area is 90.2 Å². The van der Waals surface area contributed by atoms with Crippen molar-refractivity contribution in [1.29, 1.82) is 0 Å². The van der Waals surface area contributed by atoms with Gasteiger partial charge in [-0.2, -0.15) is 0 Å². The molecule has 0 radical (unpaired) electrons. The Kier molecular flexibility index (Phi) is 4.09. The third-order valence-corrected chi connectivity index (χ3v) is 2.45. The standard InChI is InChI=1S/C12H18FNO/c1-8-6-9(2)12(10(13)4-5-14)11(7-8)15-3/h6-7,10H,4-5,14H2,1-3H3. The van der Waals surface area contributed by atoms with Gasteiger partial charge in [-0.05, 0) is 44.0 Å². The van der Waals surface area contributed by atoms with Crippen LogP contribution < -0.4 is 10.5 Å². The van der Waals surface area contributed by atoms with E-state index in [4.69, 9.17) is 10.5 Å². The zero-order valence-electron chi connectivity index (χ0n) is 9.51. The van der Waals surface area contributed by atoms with Crippen LogP contribution in [0.4, 0.5) is 4.39 Å². The number of nitrogens with two attached hydrogens (primary N) is 1. The molecule has 0 spiro atoms. The first-order chi connectivity index (χ1) is 7.10. The highest BCUT2D eigenvalue weighted by Crippen LogP contribution is 2.33. The number of hydrogen-bond acceptors (Lipinski definition) is 2. The normalized spacial score (nSPS) is 12.6. The lowest BCUT2D eigenvalue weighted by Crippen LogP contribution is -2.06. The molecule has 1 rings (SSSR count). The summed E-state index contributed by atoms with van der Waals surface area (Å²) in [5, 5.41) is 0. The molecule has 0 aliphatic carbocycles. The van der Waals surface area contributed by atoms with Crippen molar-refractivity contribution in [3.63, 3.8) is 0 Å². The molecule has 0 aliphatic rings. The lowest BCUT2D eigenvalue weighted by molar-refractivity contribution is 0.310. The van der Waals surface area contributed by atoms with Crippen LogP contribution in [0.25, 0.3) is 0 Å². The van der Waals surface area contributed by atoms with Crippen LogP contribution >= 0.6 is 0 Å². The molecular weight excluding hydrogens is 193 g/mol. The number of ether oxygens (including phenoxy) is 1. The van der Waals surface area contributed by atoms with Crippen LogP contribution in [0, 0.1) is 13.8 Å². The molecule has 0 bridgehead atoms. The molecule has 2 N–H and O–H groups in total. The van der Waals surface area contributed by atoms with E-state index in [2.05, 4.69) is 0 Å². The molecule has 1 unspecified atom stereocenters. The minimum atomic E-state index is -1.04. The van der Waals surface area contributed by atoms with E-state index in [9.17, 15) is 4.39 Å². The minimum absolute atomic E-state index is 0.334. The predicted octanol–water partition coefficient (Wildman–Crippen LogP) is 2.67. The molecule has 3 heteroatoms. The van der Waals surface area contributed by atoms with Crippen molar-refractivity contribution in [1.82, 2.24) is 0 Å². The summed E-state index contributed by atoms with van der Waals surface area (Å²) >= 11 is 0. The predicted molar refractivity (Wildman–Crippen MR) is 60.0 cm³/mol. The molecule has 0 fully saturated rings. The van der Waals surface area contributed by atoms with Crippen molar-refractivity contribution in [3.8, 4) is 5.75 Å². The van der Waals surface area contributed by atoms with E-state index < -0.39 is 6.17 Å². The van der Waals surface area contributed by atoms with Crippen LogP contribution in [0.5, 0.6) is 5.75 Å². The lowest BCUT2D eigenvalue weighted by Gasteiger charge is -2.16. The van der Waals surface area contributed by atoms with Crippen LogP contribution in [0.3, 0.4) is 0 Å². The topological polar surface area (TPSA) is 35.2 Å². The second kappa shape index (κ2) is 5.12. The number of aryl methyl sites for hydroxylation is 2. The highest BCUT2D eigenvalue weighted by atomic mass is 19.1. The van der Waals surface area contributed by atoms with Gasteiger partial charge in [0.15, 0.2) is 0 Å². The van der Waals surface area contributed by atoms with Crippen molar-refractivity contribution in [2.45, 2.75) is 26.4 Å². The summed E-state index contributed by atoms with van der Waals surface area (Å²) < 4.78 is 19.0. The first kappa shape index (κ1) is 12.0. The third-order valence-electron chi connectivity index (χ3n) is 2.45. The first-order valence-electron chi connectivity index (χ1n) is 5.09. The van der Waals surface area contributed by atoms with Crippen molar-refractivity contribution in [2.75, 3.05) is 13.7 Å². The van der Waals surface area contributed by atoms with Crippen LogP contribution in [0.15, 0.2) is 12.1 Å². The van der Waals surface area contributed by atoms with E-state index in [1.54, 1.807) is 7.11 Å². The summed E-state index contributed by atoms with van der Waals surface area (Å²) in [6.07, 6.45) is -0.703. The van der Waals surface area contributed by atoms with Gasteiger partial charge in [-0.1, -0.05) is 6.07 Å². The highest BCUT2D eigenvalue weighted by Gasteiger charge is 2.17. The molecule has 0 heterocycles. The van der Waals surface area contributed by atoms with Crippen LogP contribution in [-0.2, 0) is 0 Å². The van der Waals surface area contributed by atoms with Crippen molar-refractivity contribution in [2.24, 2.45) is 5.73 Å². The maximum absolute atomic E-state index is 13.8. The molecule has 1 aromatic rings. The van der Waals surface area contributed by atoms with E-state index >= 15 is 0 Å². The van der Waals surface area contributed by atoms with Crippen molar-refractivity contribution >= 4 is 0 Å². The number of rotatable bonds is 4. The number of methoxy groups -OCH3 is 1. The fraction of sp³-hybridized carbons (Fsp3) is 0.500. The summed E-state index contributed by atoms with van der Waals surface area (Å²) in [6, 6.07) is 3.81. The maximum atomic E-state index is 13.8. The second-order valence-electron chi connectivity index (χ2n) is 3.74. The average Bonchev–Trinajstić information content (AvgIpc) is 2.16. The summed E-state index contributed by atoms with van der Waals surface area (Å²) in [6.45, 7) is 4.21. The van der Waals surface area contributed by atoms with Crippen LogP contribution in [-0.4, -0.2) is 13.7 Å². The summed E-state index contributed by atoms with van der Waals surface area (Å²) in [4.78, 5) is 0. The largest absolute Gasteiger partial charge is 0.496 e. The van der Waals surface area contributed by atoms with Gasteiger partial charge in [-0.25, -0.2) is 4.39 Å². The van der Waals surface area contributed by atoms with Gasteiger partial charge in [0.2, 0.25) is 0 Å².